The maximum absolute atomic E-state index is 4.98. The van der Waals surface area contributed by atoms with Crippen LogP contribution in [-0.4, -0.2) is 7.11 Å². The molecule has 0 saturated carbocycles. The summed E-state index contributed by atoms with van der Waals surface area (Å²) in [5.74, 6) is 1.50. The molecule has 0 aromatic rings. The second kappa shape index (κ2) is 2.72. The maximum Gasteiger partial charge on any atom is 0.115 e. The Morgan fingerprint density at radius 2 is 2.56 bits per heavy atom. The lowest BCUT2D eigenvalue weighted by Gasteiger charge is -2.08. The van der Waals surface area contributed by atoms with Gasteiger partial charge in [0.25, 0.3) is 0 Å². The summed E-state index contributed by atoms with van der Waals surface area (Å²) in [6.07, 6.45) is 8.20. The van der Waals surface area contributed by atoms with E-state index in [1.165, 1.54) is 0 Å². The fourth-order valence-corrected chi connectivity index (χ4v) is 0.787. The summed E-state index contributed by atoms with van der Waals surface area (Å²) in [7, 11) is 1.68. The van der Waals surface area contributed by atoms with Crippen LogP contribution in [0.1, 0.15) is 13.3 Å². The average Bonchev–Trinajstić information content (AvgIpc) is 1.90. The first-order valence-corrected chi connectivity index (χ1v) is 3.16. The van der Waals surface area contributed by atoms with E-state index in [2.05, 4.69) is 19.1 Å². The van der Waals surface area contributed by atoms with Gasteiger partial charge in [0.2, 0.25) is 0 Å². The van der Waals surface area contributed by atoms with Crippen molar-refractivity contribution in [1.29, 1.82) is 0 Å². The lowest BCUT2D eigenvalue weighted by atomic mass is 10.0. The maximum atomic E-state index is 4.98. The average molecular weight is 123 g/mol. The molecule has 1 aliphatic carbocycles. The van der Waals surface area contributed by atoms with Gasteiger partial charge in [0, 0.05) is 0 Å². The second-order valence-electron chi connectivity index (χ2n) is 2.26. The summed E-state index contributed by atoms with van der Waals surface area (Å²) in [6, 6.07) is 0. The number of methoxy groups -OCH3 is 1. The molecule has 0 amide bonds. The van der Waals surface area contributed by atoms with Crippen LogP contribution in [0, 0.1) is 12.0 Å². The van der Waals surface area contributed by atoms with E-state index in [9.17, 15) is 0 Å². The topological polar surface area (TPSA) is 9.23 Å². The van der Waals surface area contributed by atoms with E-state index < -0.39 is 0 Å². The summed E-state index contributed by atoms with van der Waals surface area (Å²) >= 11 is 0. The van der Waals surface area contributed by atoms with Crippen LogP contribution in [-0.2, 0) is 4.74 Å². The van der Waals surface area contributed by atoms with Crippen LogP contribution in [0.15, 0.2) is 17.9 Å². The molecule has 0 bridgehead atoms. The molecule has 1 unspecified atom stereocenters. The number of hydrogen-bond donors (Lipinski definition) is 0. The van der Waals surface area contributed by atoms with Gasteiger partial charge in [-0.25, -0.2) is 0 Å². The Labute approximate surface area is 56.0 Å². The molecule has 0 N–H and O–H groups in total. The van der Waals surface area contributed by atoms with Gasteiger partial charge < -0.3 is 4.74 Å². The van der Waals surface area contributed by atoms with Gasteiger partial charge in [-0.1, -0.05) is 6.92 Å². The van der Waals surface area contributed by atoms with Crippen LogP contribution in [0.25, 0.3) is 0 Å². The molecule has 0 saturated heterocycles. The van der Waals surface area contributed by atoms with Crippen LogP contribution in [0.4, 0.5) is 0 Å². The zero-order valence-electron chi connectivity index (χ0n) is 5.85. The second-order valence-corrected chi connectivity index (χ2v) is 2.26. The standard InChI is InChI=1S/C8H11O/c1-7-3-5-8(9-2)6-4-7/h5-7H,3H2,1-2H3. The van der Waals surface area contributed by atoms with Crippen LogP contribution >= 0.6 is 0 Å². The minimum atomic E-state index is 0.559. The SMILES string of the molecule is COC1=CCC(C)[C]=C1. The highest BCUT2D eigenvalue weighted by Gasteiger charge is 2.01. The Hall–Kier alpha value is -0.720. The molecule has 9 heavy (non-hydrogen) atoms. The highest BCUT2D eigenvalue weighted by molar-refractivity contribution is 5.14. The Morgan fingerprint density at radius 1 is 1.78 bits per heavy atom. The third-order valence-electron chi connectivity index (χ3n) is 1.42. The predicted molar refractivity (Wildman–Crippen MR) is 36.7 cm³/mol. The van der Waals surface area contributed by atoms with Gasteiger partial charge in [-0.05, 0) is 30.6 Å². The normalized spacial score (nSPS) is 25.6. The highest BCUT2D eigenvalue weighted by atomic mass is 16.5. The van der Waals surface area contributed by atoms with E-state index >= 15 is 0 Å². The Bertz CT molecular complexity index is 145. The number of ether oxygens (including phenoxy) is 1. The van der Waals surface area contributed by atoms with E-state index in [4.69, 9.17) is 4.74 Å². The van der Waals surface area contributed by atoms with Crippen LogP contribution in [0.5, 0.6) is 0 Å². The zero-order chi connectivity index (χ0) is 6.69. The van der Waals surface area contributed by atoms with E-state index in [0.29, 0.717) is 5.92 Å². The summed E-state index contributed by atoms with van der Waals surface area (Å²) < 4.78 is 4.98. The smallest absolute Gasteiger partial charge is 0.115 e. The molecule has 0 aromatic carbocycles. The summed E-state index contributed by atoms with van der Waals surface area (Å²) in [5.41, 5.74) is 0. The fourth-order valence-electron chi connectivity index (χ4n) is 0.787. The van der Waals surface area contributed by atoms with Crippen molar-refractivity contribution in [2.75, 3.05) is 7.11 Å². The van der Waals surface area contributed by atoms with Gasteiger partial charge >= 0.3 is 0 Å². The number of hydrogen-bond acceptors (Lipinski definition) is 1. The summed E-state index contributed by atoms with van der Waals surface area (Å²) in [6.45, 7) is 2.14. The monoisotopic (exact) mass is 123 g/mol. The van der Waals surface area contributed by atoms with Gasteiger partial charge in [-0.3, -0.25) is 0 Å². The minimum Gasteiger partial charge on any atom is -0.497 e. The molecular formula is C8H11O. The number of allylic oxidation sites excluding steroid dienone is 3. The third kappa shape index (κ3) is 1.60. The van der Waals surface area contributed by atoms with Gasteiger partial charge in [-0.15, -0.1) is 0 Å². The van der Waals surface area contributed by atoms with Gasteiger partial charge in [0.15, 0.2) is 0 Å². The van der Waals surface area contributed by atoms with E-state index in [-0.39, 0.29) is 0 Å². The third-order valence-corrected chi connectivity index (χ3v) is 1.42. The Kier molecular flexibility index (Phi) is 1.93. The van der Waals surface area contributed by atoms with Crippen molar-refractivity contribution >= 4 is 0 Å². The first-order valence-electron chi connectivity index (χ1n) is 3.16. The van der Waals surface area contributed by atoms with Crippen molar-refractivity contribution < 1.29 is 4.74 Å². The van der Waals surface area contributed by atoms with Crippen molar-refractivity contribution in [1.82, 2.24) is 0 Å². The molecule has 1 nitrogen and oxygen atoms in total. The van der Waals surface area contributed by atoms with Crippen LogP contribution in [0.3, 0.4) is 0 Å². The van der Waals surface area contributed by atoms with Crippen molar-refractivity contribution in [3.63, 3.8) is 0 Å². The van der Waals surface area contributed by atoms with Crippen LogP contribution in [0.2, 0.25) is 0 Å². The largest absolute Gasteiger partial charge is 0.497 e. The molecule has 0 heterocycles. The summed E-state index contributed by atoms with van der Waals surface area (Å²) in [5, 5.41) is 0. The molecule has 1 atom stereocenters. The molecule has 0 aliphatic heterocycles. The molecule has 49 valence electrons. The zero-order valence-corrected chi connectivity index (χ0v) is 5.85. The first kappa shape index (κ1) is 6.40. The molecule has 1 rings (SSSR count). The van der Waals surface area contributed by atoms with Crippen molar-refractivity contribution in [2.24, 2.45) is 5.92 Å². The van der Waals surface area contributed by atoms with Crippen molar-refractivity contribution in [3.05, 3.63) is 24.0 Å². The molecule has 0 spiro atoms. The van der Waals surface area contributed by atoms with Crippen LogP contribution < -0.4 is 0 Å². The molecule has 0 fully saturated rings. The molecule has 0 aromatic heterocycles. The fraction of sp³-hybridized carbons (Fsp3) is 0.500. The van der Waals surface area contributed by atoms with Gasteiger partial charge in [-0.2, -0.15) is 0 Å². The molecule has 1 radical (unpaired) electrons. The number of rotatable bonds is 1. The Morgan fingerprint density at radius 3 is 3.00 bits per heavy atom. The Balaban J connectivity index is 2.52. The summed E-state index contributed by atoms with van der Waals surface area (Å²) in [4.78, 5) is 0. The van der Waals surface area contributed by atoms with E-state index in [0.717, 1.165) is 12.2 Å². The minimum absolute atomic E-state index is 0.559. The van der Waals surface area contributed by atoms with Gasteiger partial charge in [0.05, 0.1) is 7.11 Å². The first-order chi connectivity index (χ1) is 4.33. The predicted octanol–water partition coefficient (Wildman–Crippen LogP) is 1.92. The lowest BCUT2D eigenvalue weighted by molar-refractivity contribution is 0.301. The molecule has 1 aliphatic rings. The highest BCUT2D eigenvalue weighted by Crippen LogP contribution is 2.14. The van der Waals surface area contributed by atoms with Crippen molar-refractivity contribution in [3.8, 4) is 0 Å². The van der Waals surface area contributed by atoms with Crippen molar-refractivity contribution in [2.45, 2.75) is 13.3 Å². The quantitative estimate of drug-likeness (QED) is 0.517. The van der Waals surface area contributed by atoms with E-state index in [1.807, 2.05) is 6.08 Å². The molecule has 1 heteroatoms. The van der Waals surface area contributed by atoms with Gasteiger partial charge in [0.1, 0.15) is 5.76 Å². The lowest BCUT2D eigenvalue weighted by Crippen LogP contribution is -1.95. The molecular weight excluding hydrogens is 112 g/mol. The van der Waals surface area contributed by atoms with E-state index in [1.54, 1.807) is 7.11 Å².